The SMILES string of the molecule is CCCNCC1(Cc2c(Cl)cccc2Cl)CCOC1C. The summed E-state index contributed by atoms with van der Waals surface area (Å²) in [7, 11) is 0. The van der Waals surface area contributed by atoms with Gasteiger partial charge in [-0.2, -0.15) is 0 Å². The van der Waals surface area contributed by atoms with Crippen molar-refractivity contribution < 1.29 is 4.74 Å². The zero-order chi connectivity index (χ0) is 14.6. The quantitative estimate of drug-likeness (QED) is 0.789. The van der Waals surface area contributed by atoms with Gasteiger partial charge in [0, 0.05) is 28.6 Å². The lowest BCUT2D eigenvalue weighted by Gasteiger charge is -2.33. The lowest BCUT2D eigenvalue weighted by Crippen LogP contribution is -2.41. The van der Waals surface area contributed by atoms with Crippen molar-refractivity contribution in [3.8, 4) is 0 Å². The molecule has 2 atom stereocenters. The predicted octanol–water partition coefficient (Wildman–Crippen LogP) is 4.33. The Labute approximate surface area is 131 Å². The third-order valence-electron chi connectivity index (χ3n) is 4.32. The Balaban J connectivity index is 2.20. The first kappa shape index (κ1) is 16.1. The first-order chi connectivity index (χ1) is 9.59. The molecule has 1 saturated heterocycles. The summed E-state index contributed by atoms with van der Waals surface area (Å²) < 4.78 is 5.83. The van der Waals surface area contributed by atoms with E-state index in [0.717, 1.165) is 54.6 Å². The molecule has 0 amide bonds. The van der Waals surface area contributed by atoms with Crippen LogP contribution in [0.3, 0.4) is 0 Å². The second-order valence-corrected chi connectivity index (χ2v) is 6.49. The van der Waals surface area contributed by atoms with Gasteiger partial charge in [0.05, 0.1) is 6.10 Å². The second-order valence-electron chi connectivity index (χ2n) is 5.68. The lowest BCUT2D eigenvalue weighted by molar-refractivity contribution is 0.0631. The average Bonchev–Trinajstić information content (AvgIpc) is 2.76. The number of ether oxygens (including phenoxy) is 1. The van der Waals surface area contributed by atoms with E-state index in [4.69, 9.17) is 27.9 Å². The highest BCUT2D eigenvalue weighted by atomic mass is 35.5. The molecule has 20 heavy (non-hydrogen) atoms. The van der Waals surface area contributed by atoms with Crippen LogP contribution in [0.2, 0.25) is 10.0 Å². The van der Waals surface area contributed by atoms with Crippen molar-refractivity contribution in [3.05, 3.63) is 33.8 Å². The zero-order valence-electron chi connectivity index (χ0n) is 12.2. The van der Waals surface area contributed by atoms with Crippen molar-refractivity contribution in [1.29, 1.82) is 0 Å². The Kier molecular flexibility index (Phi) is 5.74. The number of hydrogen-bond acceptors (Lipinski definition) is 2. The van der Waals surface area contributed by atoms with E-state index in [9.17, 15) is 0 Å². The molecule has 1 aliphatic rings. The molecule has 1 aliphatic heterocycles. The first-order valence-electron chi connectivity index (χ1n) is 7.34. The van der Waals surface area contributed by atoms with Crippen molar-refractivity contribution in [2.24, 2.45) is 5.41 Å². The van der Waals surface area contributed by atoms with E-state index in [1.807, 2.05) is 18.2 Å². The van der Waals surface area contributed by atoms with E-state index >= 15 is 0 Å². The molecule has 1 fully saturated rings. The second kappa shape index (κ2) is 7.13. The molecular formula is C16H23Cl2NO. The van der Waals surface area contributed by atoms with Gasteiger partial charge in [-0.15, -0.1) is 0 Å². The number of nitrogens with one attached hydrogen (secondary N) is 1. The van der Waals surface area contributed by atoms with Crippen molar-refractivity contribution >= 4 is 23.2 Å². The summed E-state index contributed by atoms with van der Waals surface area (Å²) >= 11 is 12.7. The van der Waals surface area contributed by atoms with Gasteiger partial charge in [0.2, 0.25) is 0 Å². The molecule has 0 aliphatic carbocycles. The fraction of sp³-hybridized carbons (Fsp3) is 0.625. The fourth-order valence-corrected chi connectivity index (χ4v) is 3.44. The van der Waals surface area contributed by atoms with Crippen molar-refractivity contribution in [1.82, 2.24) is 5.32 Å². The summed E-state index contributed by atoms with van der Waals surface area (Å²) in [6.45, 7) is 7.13. The minimum atomic E-state index is 0.0871. The van der Waals surface area contributed by atoms with Gasteiger partial charge in [0.1, 0.15) is 0 Å². The standard InChI is InChI=1S/C16H23Cl2NO/c1-3-8-19-11-16(7-9-20-12(16)2)10-13-14(17)5-4-6-15(13)18/h4-6,12,19H,3,7-11H2,1-2H3. The number of hydrogen-bond donors (Lipinski definition) is 1. The minimum Gasteiger partial charge on any atom is -0.378 e. The smallest absolute Gasteiger partial charge is 0.0619 e. The first-order valence-corrected chi connectivity index (χ1v) is 8.10. The maximum absolute atomic E-state index is 6.33. The van der Waals surface area contributed by atoms with Crippen LogP contribution in [0.1, 0.15) is 32.3 Å². The van der Waals surface area contributed by atoms with Crippen LogP contribution >= 0.6 is 23.2 Å². The molecule has 0 saturated carbocycles. The molecule has 0 radical (unpaired) electrons. The van der Waals surface area contributed by atoms with Crippen LogP contribution in [0, 0.1) is 5.41 Å². The molecule has 2 rings (SSSR count). The number of rotatable bonds is 6. The third kappa shape index (κ3) is 3.48. The van der Waals surface area contributed by atoms with E-state index in [2.05, 4.69) is 19.2 Å². The van der Waals surface area contributed by atoms with Crippen LogP contribution in [-0.2, 0) is 11.2 Å². The Morgan fingerprint density at radius 3 is 2.60 bits per heavy atom. The highest BCUT2D eigenvalue weighted by Gasteiger charge is 2.41. The Morgan fingerprint density at radius 2 is 2.05 bits per heavy atom. The van der Waals surface area contributed by atoms with Crippen LogP contribution in [0.25, 0.3) is 0 Å². The van der Waals surface area contributed by atoms with E-state index in [0.29, 0.717) is 0 Å². The van der Waals surface area contributed by atoms with Gasteiger partial charge in [-0.3, -0.25) is 0 Å². The van der Waals surface area contributed by atoms with Gasteiger partial charge in [-0.25, -0.2) is 0 Å². The fourth-order valence-electron chi connectivity index (χ4n) is 2.91. The molecule has 1 heterocycles. The third-order valence-corrected chi connectivity index (χ3v) is 5.03. The maximum Gasteiger partial charge on any atom is 0.0619 e. The molecule has 0 bridgehead atoms. The van der Waals surface area contributed by atoms with Crippen molar-refractivity contribution in [3.63, 3.8) is 0 Å². The molecule has 1 aromatic carbocycles. The lowest BCUT2D eigenvalue weighted by atomic mass is 9.76. The average molecular weight is 316 g/mol. The maximum atomic E-state index is 6.33. The van der Waals surface area contributed by atoms with Gasteiger partial charge in [-0.1, -0.05) is 36.2 Å². The number of halogens is 2. The van der Waals surface area contributed by atoms with E-state index < -0.39 is 0 Å². The van der Waals surface area contributed by atoms with Crippen LogP contribution in [0.15, 0.2) is 18.2 Å². The van der Waals surface area contributed by atoms with Gasteiger partial charge < -0.3 is 10.1 Å². The molecule has 1 aromatic rings. The predicted molar refractivity (Wildman–Crippen MR) is 85.8 cm³/mol. The van der Waals surface area contributed by atoms with E-state index in [1.165, 1.54) is 0 Å². The monoisotopic (exact) mass is 315 g/mol. The van der Waals surface area contributed by atoms with Crippen LogP contribution in [0.5, 0.6) is 0 Å². The molecule has 2 unspecified atom stereocenters. The molecule has 112 valence electrons. The normalized spacial score (nSPS) is 26.1. The van der Waals surface area contributed by atoms with Crippen molar-refractivity contribution in [2.75, 3.05) is 19.7 Å². The zero-order valence-corrected chi connectivity index (χ0v) is 13.7. The van der Waals surface area contributed by atoms with Crippen molar-refractivity contribution in [2.45, 2.75) is 39.2 Å². The van der Waals surface area contributed by atoms with Crippen LogP contribution in [0.4, 0.5) is 0 Å². The summed E-state index contributed by atoms with van der Waals surface area (Å²) in [6, 6.07) is 5.72. The number of benzene rings is 1. The van der Waals surface area contributed by atoms with E-state index in [-0.39, 0.29) is 11.5 Å². The van der Waals surface area contributed by atoms with Gasteiger partial charge in [-0.05, 0) is 50.4 Å². The van der Waals surface area contributed by atoms with Gasteiger partial charge >= 0.3 is 0 Å². The van der Waals surface area contributed by atoms with Crippen LogP contribution < -0.4 is 5.32 Å². The van der Waals surface area contributed by atoms with Gasteiger partial charge in [0.15, 0.2) is 0 Å². The Hall–Kier alpha value is -0.280. The Bertz CT molecular complexity index is 432. The summed E-state index contributed by atoms with van der Waals surface area (Å²) in [5.41, 5.74) is 1.13. The molecule has 4 heteroatoms. The molecule has 2 nitrogen and oxygen atoms in total. The van der Waals surface area contributed by atoms with Crippen LogP contribution in [-0.4, -0.2) is 25.8 Å². The highest BCUT2D eigenvalue weighted by molar-refractivity contribution is 6.36. The summed E-state index contributed by atoms with van der Waals surface area (Å²) in [4.78, 5) is 0. The molecule has 0 spiro atoms. The largest absolute Gasteiger partial charge is 0.378 e. The summed E-state index contributed by atoms with van der Waals surface area (Å²) in [5.74, 6) is 0. The minimum absolute atomic E-state index is 0.0871. The van der Waals surface area contributed by atoms with Gasteiger partial charge in [0.25, 0.3) is 0 Å². The van der Waals surface area contributed by atoms with E-state index in [1.54, 1.807) is 0 Å². The molecule has 0 aromatic heterocycles. The summed E-state index contributed by atoms with van der Waals surface area (Å²) in [5, 5.41) is 5.05. The summed E-state index contributed by atoms with van der Waals surface area (Å²) in [6.07, 6.45) is 3.27. The molecule has 1 N–H and O–H groups in total. The topological polar surface area (TPSA) is 21.3 Å². The highest BCUT2D eigenvalue weighted by Crippen LogP contribution is 2.40. The molecular weight excluding hydrogens is 293 g/mol. The Morgan fingerprint density at radius 1 is 1.35 bits per heavy atom.